The van der Waals surface area contributed by atoms with E-state index in [1.54, 1.807) is 19.1 Å². The SMILES string of the molecule is CSc1ccc(C)c(C(=O)NS(=O)(=O)c2ccc3c(c2)OCCO3)c1. The number of carbonyl (C=O) groups is 1. The number of carbonyl (C=O) groups excluding carboxylic acids is 1. The van der Waals surface area contributed by atoms with Crippen LogP contribution in [0.25, 0.3) is 0 Å². The summed E-state index contributed by atoms with van der Waals surface area (Å²) in [6.45, 7) is 2.53. The van der Waals surface area contributed by atoms with Gasteiger partial charge in [0.2, 0.25) is 0 Å². The summed E-state index contributed by atoms with van der Waals surface area (Å²) in [6.07, 6.45) is 1.89. The van der Waals surface area contributed by atoms with Crippen molar-refractivity contribution in [2.45, 2.75) is 16.7 Å². The van der Waals surface area contributed by atoms with Gasteiger partial charge in [0.15, 0.2) is 11.5 Å². The molecular weight excluding hydrogens is 362 g/mol. The zero-order valence-corrected chi connectivity index (χ0v) is 15.4. The maximum Gasteiger partial charge on any atom is 0.265 e. The summed E-state index contributed by atoms with van der Waals surface area (Å²) >= 11 is 1.48. The Morgan fingerprint density at radius 2 is 1.80 bits per heavy atom. The second-order valence-electron chi connectivity index (χ2n) is 5.42. The first kappa shape index (κ1) is 17.6. The number of thioether (sulfide) groups is 1. The van der Waals surface area contributed by atoms with Crippen LogP contribution in [0.1, 0.15) is 15.9 Å². The maximum absolute atomic E-state index is 12.5. The molecule has 0 fully saturated rings. The van der Waals surface area contributed by atoms with Crippen molar-refractivity contribution >= 4 is 27.7 Å². The van der Waals surface area contributed by atoms with Crippen LogP contribution in [0.15, 0.2) is 46.2 Å². The Hall–Kier alpha value is -2.19. The molecule has 1 heterocycles. The average molecular weight is 379 g/mol. The third kappa shape index (κ3) is 3.74. The first-order valence-corrected chi connectivity index (χ1v) is 10.2. The van der Waals surface area contributed by atoms with Crippen LogP contribution in [0.5, 0.6) is 11.5 Å². The molecule has 2 aromatic carbocycles. The number of sulfonamides is 1. The summed E-state index contributed by atoms with van der Waals surface area (Å²) < 4.78 is 38.0. The highest BCUT2D eigenvalue weighted by atomic mass is 32.2. The molecule has 0 aromatic heterocycles. The predicted molar refractivity (Wildman–Crippen MR) is 95.0 cm³/mol. The zero-order valence-electron chi connectivity index (χ0n) is 13.7. The van der Waals surface area contributed by atoms with Crippen LogP contribution in [-0.4, -0.2) is 33.8 Å². The van der Waals surface area contributed by atoms with Crippen molar-refractivity contribution in [2.75, 3.05) is 19.5 Å². The van der Waals surface area contributed by atoms with Crippen LogP contribution in [0.2, 0.25) is 0 Å². The highest BCUT2D eigenvalue weighted by Crippen LogP contribution is 2.32. The molecule has 0 spiro atoms. The van der Waals surface area contributed by atoms with Gasteiger partial charge in [0.25, 0.3) is 15.9 Å². The van der Waals surface area contributed by atoms with Crippen molar-refractivity contribution < 1.29 is 22.7 Å². The van der Waals surface area contributed by atoms with E-state index in [1.807, 2.05) is 12.3 Å². The lowest BCUT2D eigenvalue weighted by molar-refractivity contribution is 0.0980. The molecule has 0 atom stereocenters. The van der Waals surface area contributed by atoms with Crippen molar-refractivity contribution in [3.05, 3.63) is 47.5 Å². The highest BCUT2D eigenvalue weighted by Gasteiger charge is 2.23. The van der Waals surface area contributed by atoms with Crippen molar-refractivity contribution in [1.82, 2.24) is 4.72 Å². The van der Waals surface area contributed by atoms with E-state index < -0.39 is 15.9 Å². The van der Waals surface area contributed by atoms with Gasteiger partial charge in [-0.15, -0.1) is 11.8 Å². The predicted octanol–water partition coefficient (Wildman–Crippen LogP) is 2.61. The van der Waals surface area contributed by atoms with E-state index >= 15 is 0 Å². The molecule has 1 aliphatic heterocycles. The number of fused-ring (bicyclic) bond motifs is 1. The summed E-state index contributed by atoms with van der Waals surface area (Å²) in [5.41, 5.74) is 1.03. The van der Waals surface area contributed by atoms with Crippen molar-refractivity contribution in [3.63, 3.8) is 0 Å². The highest BCUT2D eigenvalue weighted by molar-refractivity contribution is 7.98. The first-order chi connectivity index (χ1) is 11.9. The van der Waals surface area contributed by atoms with E-state index in [0.717, 1.165) is 4.90 Å². The Morgan fingerprint density at radius 1 is 1.08 bits per heavy atom. The molecule has 0 unspecified atom stereocenters. The van der Waals surface area contributed by atoms with Crippen LogP contribution in [0.3, 0.4) is 0 Å². The number of hydrogen-bond donors (Lipinski definition) is 1. The number of hydrogen-bond acceptors (Lipinski definition) is 6. The van der Waals surface area contributed by atoms with Gasteiger partial charge in [-0.05, 0) is 43.0 Å². The summed E-state index contributed by atoms with van der Waals surface area (Å²) in [7, 11) is -4.02. The quantitative estimate of drug-likeness (QED) is 0.823. The molecule has 0 saturated heterocycles. The minimum Gasteiger partial charge on any atom is -0.486 e. The normalized spacial score (nSPS) is 13.4. The molecule has 1 aliphatic rings. The zero-order chi connectivity index (χ0) is 18.0. The third-order valence-corrected chi connectivity index (χ3v) is 5.79. The standard InChI is InChI=1S/C17H17NO5S2/c1-11-3-4-12(24-2)9-14(11)17(19)18-25(20,21)13-5-6-15-16(10-13)23-8-7-22-15/h3-6,9-10H,7-8H2,1-2H3,(H,18,19). The van der Waals surface area contributed by atoms with E-state index in [2.05, 4.69) is 4.72 Å². The van der Waals surface area contributed by atoms with Gasteiger partial charge >= 0.3 is 0 Å². The van der Waals surface area contributed by atoms with Crippen LogP contribution >= 0.6 is 11.8 Å². The summed E-state index contributed by atoms with van der Waals surface area (Å²) in [5.74, 6) is 0.172. The monoisotopic (exact) mass is 379 g/mol. The molecule has 132 valence electrons. The fourth-order valence-electron chi connectivity index (χ4n) is 2.40. The molecule has 0 radical (unpaired) electrons. The number of ether oxygens (including phenoxy) is 2. The molecule has 2 aromatic rings. The van der Waals surface area contributed by atoms with Crippen molar-refractivity contribution in [1.29, 1.82) is 0 Å². The minimum atomic E-state index is -4.02. The van der Waals surface area contributed by atoms with Gasteiger partial charge in [-0.1, -0.05) is 6.07 Å². The summed E-state index contributed by atoms with van der Waals surface area (Å²) in [6, 6.07) is 9.61. The largest absolute Gasteiger partial charge is 0.486 e. The van der Waals surface area contributed by atoms with Crippen LogP contribution in [0, 0.1) is 6.92 Å². The fourth-order valence-corrected chi connectivity index (χ4v) is 3.82. The molecule has 0 bridgehead atoms. The maximum atomic E-state index is 12.5. The van der Waals surface area contributed by atoms with E-state index in [-0.39, 0.29) is 4.90 Å². The molecule has 25 heavy (non-hydrogen) atoms. The van der Waals surface area contributed by atoms with E-state index in [0.29, 0.717) is 35.8 Å². The number of rotatable bonds is 4. The van der Waals surface area contributed by atoms with Crippen molar-refractivity contribution in [3.8, 4) is 11.5 Å². The Balaban J connectivity index is 1.87. The Morgan fingerprint density at radius 3 is 2.52 bits per heavy atom. The molecule has 0 saturated carbocycles. The second-order valence-corrected chi connectivity index (χ2v) is 7.98. The Labute approximate surface area is 150 Å². The summed E-state index contributed by atoms with van der Waals surface area (Å²) in [4.78, 5) is 13.3. The fraction of sp³-hybridized carbons (Fsp3) is 0.235. The molecule has 0 aliphatic carbocycles. The van der Waals surface area contributed by atoms with Crippen LogP contribution in [0.4, 0.5) is 0 Å². The third-order valence-electron chi connectivity index (χ3n) is 3.74. The van der Waals surface area contributed by atoms with Gasteiger partial charge in [0.05, 0.1) is 4.90 Å². The van der Waals surface area contributed by atoms with Crippen molar-refractivity contribution in [2.24, 2.45) is 0 Å². The lowest BCUT2D eigenvalue weighted by Gasteiger charge is -2.19. The molecule has 3 rings (SSSR count). The second kappa shape index (κ2) is 6.97. The van der Waals surface area contributed by atoms with Gasteiger partial charge in [0.1, 0.15) is 13.2 Å². The Bertz CT molecular complexity index is 925. The summed E-state index contributed by atoms with van der Waals surface area (Å²) in [5, 5.41) is 0. The molecule has 8 heteroatoms. The molecule has 1 amide bonds. The Kier molecular flexibility index (Phi) is 4.91. The van der Waals surface area contributed by atoms with E-state index in [1.165, 1.54) is 30.0 Å². The van der Waals surface area contributed by atoms with Gasteiger partial charge in [-0.3, -0.25) is 4.79 Å². The molecule has 1 N–H and O–H groups in total. The lowest BCUT2D eigenvalue weighted by atomic mass is 10.1. The molecule has 6 nitrogen and oxygen atoms in total. The van der Waals surface area contributed by atoms with Crippen LogP contribution in [-0.2, 0) is 10.0 Å². The number of amides is 1. The molecular formula is C17H17NO5S2. The number of aryl methyl sites for hydroxylation is 1. The lowest BCUT2D eigenvalue weighted by Crippen LogP contribution is -2.31. The average Bonchev–Trinajstić information content (AvgIpc) is 2.61. The van der Waals surface area contributed by atoms with Crippen LogP contribution < -0.4 is 14.2 Å². The van der Waals surface area contributed by atoms with E-state index in [9.17, 15) is 13.2 Å². The van der Waals surface area contributed by atoms with Gasteiger partial charge in [0, 0.05) is 16.5 Å². The first-order valence-electron chi connectivity index (χ1n) is 7.52. The number of benzene rings is 2. The van der Waals surface area contributed by atoms with Gasteiger partial charge < -0.3 is 9.47 Å². The van der Waals surface area contributed by atoms with Gasteiger partial charge in [-0.25, -0.2) is 13.1 Å². The topological polar surface area (TPSA) is 81.7 Å². The minimum absolute atomic E-state index is 0.0521. The number of nitrogens with one attached hydrogen (secondary N) is 1. The van der Waals surface area contributed by atoms with E-state index in [4.69, 9.17) is 9.47 Å². The van der Waals surface area contributed by atoms with Gasteiger partial charge in [-0.2, -0.15) is 0 Å². The smallest absolute Gasteiger partial charge is 0.265 e.